The lowest BCUT2D eigenvalue weighted by Crippen LogP contribution is -2.36. The Morgan fingerprint density at radius 3 is 2.33 bits per heavy atom. The molecular weight excluding hydrogens is 120 g/mol. The van der Waals surface area contributed by atoms with Gasteiger partial charge in [-0.15, -0.1) is 0 Å². The summed E-state index contributed by atoms with van der Waals surface area (Å²) < 4.78 is 0. The van der Waals surface area contributed by atoms with Crippen molar-refractivity contribution in [3.05, 3.63) is 0 Å². The summed E-state index contributed by atoms with van der Waals surface area (Å²) in [6.07, 6.45) is 0.806. The number of hydroxylamine groups is 3. The molecule has 0 amide bonds. The first-order chi connectivity index (χ1) is 4.22. The van der Waals surface area contributed by atoms with Gasteiger partial charge in [0.1, 0.15) is 0 Å². The molecule has 0 aliphatic rings. The third-order valence-corrected chi connectivity index (χ3v) is 1.33. The fourth-order valence-electron chi connectivity index (χ4n) is 0.646. The number of nitrogens with zero attached hydrogens (tertiary/aromatic N) is 1. The van der Waals surface area contributed by atoms with E-state index in [2.05, 4.69) is 0 Å². The van der Waals surface area contributed by atoms with Gasteiger partial charge in [-0.1, -0.05) is 6.92 Å². The summed E-state index contributed by atoms with van der Waals surface area (Å²) in [5.41, 5.74) is 2.00. The molecule has 56 valence electrons. The van der Waals surface area contributed by atoms with Gasteiger partial charge in [-0.3, -0.25) is 0 Å². The Balaban J connectivity index is 3.41. The molecule has 3 N–H and O–H groups in total. The molecule has 0 aliphatic heterocycles. The molecule has 0 aromatic heterocycles. The van der Waals surface area contributed by atoms with Crippen molar-refractivity contribution in [2.45, 2.75) is 19.4 Å². The predicted octanol–water partition coefficient (Wildman–Crippen LogP) is 0.0648. The van der Waals surface area contributed by atoms with Crippen LogP contribution in [0.1, 0.15) is 13.3 Å². The van der Waals surface area contributed by atoms with E-state index in [0.29, 0.717) is 6.54 Å². The normalized spacial score (nSPS) is 14.3. The molecule has 0 heterocycles. The van der Waals surface area contributed by atoms with Crippen molar-refractivity contribution in [1.82, 2.24) is 10.5 Å². The standard InChI is InChI=1S/C5H14N2O2/c1-3-5(4-6-8)7(2)9/h5-6,8-9H,3-4H2,1-2H3. The van der Waals surface area contributed by atoms with E-state index in [4.69, 9.17) is 10.4 Å². The summed E-state index contributed by atoms with van der Waals surface area (Å²) in [7, 11) is 1.56. The van der Waals surface area contributed by atoms with Crippen LogP contribution in [0.2, 0.25) is 0 Å². The first-order valence-electron chi connectivity index (χ1n) is 3.01. The van der Waals surface area contributed by atoms with Crippen molar-refractivity contribution >= 4 is 0 Å². The summed E-state index contributed by atoms with van der Waals surface area (Å²) in [5.74, 6) is 0. The highest BCUT2D eigenvalue weighted by Gasteiger charge is 2.07. The van der Waals surface area contributed by atoms with Crippen LogP contribution in [0, 0.1) is 0 Å². The predicted molar refractivity (Wildman–Crippen MR) is 33.4 cm³/mol. The Kier molecular flexibility index (Phi) is 4.61. The van der Waals surface area contributed by atoms with Crippen LogP contribution < -0.4 is 5.48 Å². The number of hydrogen-bond acceptors (Lipinski definition) is 4. The van der Waals surface area contributed by atoms with Crippen molar-refractivity contribution in [3.8, 4) is 0 Å². The van der Waals surface area contributed by atoms with Crippen molar-refractivity contribution < 1.29 is 10.4 Å². The lowest BCUT2D eigenvalue weighted by Gasteiger charge is -2.19. The molecular formula is C5H14N2O2. The van der Waals surface area contributed by atoms with E-state index in [1.165, 1.54) is 0 Å². The zero-order chi connectivity index (χ0) is 7.28. The van der Waals surface area contributed by atoms with Gasteiger partial charge < -0.3 is 10.4 Å². The molecule has 0 spiro atoms. The first kappa shape index (κ1) is 8.84. The maximum atomic E-state index is 8.83. The van der Waals surface area contributed by atoms with Crippen LogP contribution in [0.5, 0.6) is 0 Å². The lowest BCUT2D eigenvalue weighted by molar-refractivity contribution is -0.108. The lowest BCUT2D eigenvalue weighted by atomic mass is 10.2. The van der Waals surface area contributed by atoms with Crippen LogP contribution >= 0.6 is 0 Å². The van der Waals surface area contributed by atoms with E-state index >= 15 is 0 Å². The highest BCUT2D eigenvalue weighted by atomic mass is 16.5. The van der Waals surface area contributed by atoms with Gasteiger partial charge in [-0.05, 0) is 6.42 Å². The van der Waals surface area contributed by atoms with Gasteiger partial charge in [-0.2, -0.15) is 5.06 Å². The Bertz CT molecular complexity index is 68.0. The van der Waals surface area contributed by atoms with Gasteiger partial charge in [0.25, 0.3) is 0 Å². The molecule has 1 unspecified atom stereocenters. The molecule has 0 aromatic rings. The summed E-state index contributed by atoms with van der Waals surface area (Å²) in [5, 5.41) is 18.1. The largest absolute Gasteiger partial charge is 0.317 e. The topological polar surface area (TPSA) is 55.7 Å². The molecule has 0 saturated heterocycles. The third-order valence-electron chi connectivity index (χ3n) is 1.33. The minimum atomic E-state index is -0.00463. The zero-order valence-electron chi connectivity index (χ0n) is 5.83. The van der Waals surface area contributed by atoms with Crippen molar-refractivity contribution in [3.63, 3.8) is 0 Å². The zero-order valence-corrected chi connectivity index (χ0v) is 5.83. The summed E-state index contributed by atoms with van der Waals surface area (Å²) in [6, 6.07) is -0.00463. The molecule has 1 atom stereocenters. The Morgan fingerprint density at radius 1 is 1.67 bits per heavy atom. The highest BCUT2D eigenvalue weighted by Crippen LogP contribution is 1.94. The fraction of sp³-hybridized carbons (Fsp3) is 1.00. The SMILES string of the molecule is CCC(CNO)N(C)O. The van der Waals surface area contributed by atoms with Crippen LogP contribution in [0.25, 0.3) is 0 Å². The van der Waals surface area contributed by atoms with Crippen molar-refractivity contribution in [2.75, 3.05) is 13.6 Å². The van der Waals surface area contributed by atoms with Crippen molar-refractivity contribution in [2.24, 2.45) is 0 Å². The molecule has 0 fully saturated rings. The second kappa shape index (κ2) is 4.69. The first-order valence-corrected chi connectivity index (χ1v) is 3.01. The molecule has 0 rings (SSSR count). The quantitative estimate of drug-likeness (QED) is 0.476. The van der Waals surface area contributed by atoms with Gasteiger partial charge in [0.2, 0.25) is 0 Å². The van der Waals surface area contributed by atoms with E-state index < -0.39 is 0 Å². The summed E-state index contributed by atoms with van der Waals surface area (Å²) in [4.78, 5) is 0. The average molecular weight is 134 g/mol. The monoisotopic (exact) mass is 134 g/mol. The number of hydrogen-bond donors (Lipinski definition) is 3. The molecule has 0 radical (unpaired) electrons. The molecule has 0 aromatic carbocycles. The van der Waals surface area contributed by atoms with Crippen LogP contribution in [0.15, 0.2) is 0 Å². The van der Waals surface area contributed by atoms with Gasteiger partial charge in [-0.25, -0.2) is 5.48 Å². The molecule has 4 nitrogen and oxygen atoms in total. The van der Waals surface area contributed by atoms with Crippen LogP contribution in [-0.4, -0.2) is 35.1 Å². The maximum Gasteiger partial charge on any atom is 0.0492 e. The van der Waals surface area contributed by atoms with Gasteiger partial charge in [0.05, 0.1) is 0 Å². The van der Waals surface area contributed by atoms with Crippen molar-refractivity contribution in [1.29, 1.82) is 0 Å². The average Bonchev–Trinajstić information content (AvgIpc) is 1.82. The molecule has 0 aliphatic carbocycles. The van der Waals surface area contributed by atoms with Gasteiger partial charge in [0.15, 0.2) is 0 Å². The van der Waals surface area contributed by atoms with Gasteiger partial charge in [0, 0.05) is 19.6 Å². The Hall–Kier alpha value is -0.160. The number of rotatable bonds is 4. The van der Waals surface area contributed by atoms with E-state index in [0.717, 1.165) is 11.5 Å². The summed E-state index contributed by atoms with van der Waals surface area (Å²) in [6.45, 7) is 2.33. The maximum absolute atomic E-state index is 8.83. The van der Waals surface area contributed by atoms with Crippen LogP contribution in [-0.2, 0) is 0 Å². The van der Waals surface area contributed by atoms with Crippen LogP contribution in [0.3, 0.4) is 0 Å². The second-order valence-electron chi connectivity index (χ2n) is 2.00. The summed E-state index contributed by atoms with van der Waals surface area (Å²) >= 11 is 0. The number of nitrogens with one attached hydrogen (secondary N) is 1. The molecule has 4 heteroatoms. The Morgan fingerprint density at radius 2 is 2.22 bits per heavy atom. The van der Waals surface area contributed by atoms with Crippen LogP contribution in [0.4, 0.5) is 0 Å². The van der Waals surface area contributed by atoms with E-state index in [1.54, 1.807) is 7.05 Å². The second-order valence-corrected chi connectivity index (χ2v) is 2.00. The minimum absolute atomic E-state index is 0.00463. The Labute approximate surface area is 55.0 Å². The third kappa shape index (κ3) is 3.42. The van der Waals surface area contributed by atoms with E-state index in [1.807, 2.05) is 12.4 Å². The van der Waals surface area contributed by atoms with Gasteiger partial charge >= 0.3 is 0 Å². The molecule has 0 saturated carbocycles. The molecule has 0 bridgehead atoms. The molecule has 9 heavy (non-hydrogen) atoms. The minimum Gasteiger partial charge on any atom is -0.317 e. The number of likely N-dealkylation sites (N-methyl/N-ethyl adjacent to an activating group) is 1. The van der Waals surface area contributed by atoms with E-state index in [-0.39, 0.29) is 6.04 Å². The fourth-order valence-corrected chi connectivity index (χ4v) is 0.646. The van der Waals surface area contributed by atoms with E-state index in [9.17, 15) is 0 Å². The highest BCUT2D eigenvalue weighted by molar-refractivity contribution is 4.60. The smallest absolute Gasteiger partial charge is 0.0492 e.